The van der Waals surface area contributed by atoms with Crippen LogP contribution >= 0.6 is 46.7 Å². The highest BCUT2D eigenvalue weighted by molar-refractivity contribution is 8.00. The van der Waals surface area contributed by atoms with Crippen molar-refractivity contribution in [3.63, 3.8) is 0 Å². The summed E-state index contributed by atoms with van der Waals surface area (Å²) in [4.78, 5) is 43.0. The predicted octanol–water partition coefficient (Wildman–Crippen LogP) is 22.8. The summed E-state index contributed by atoms with van der Waals surface area (Å²) in [5.41, 5.74) is 22.9. The first kappa shape index (κ1) is 79.5. The zero-order valence-electron chi connectivity index (χ0n) is 59.1. The summed E-state index contributed by atoms with van der Waals surface area (Å²) in [6, 6.07) is 113. The molecule has 0 aromatic heterocycles. The topological polar surface area (TPSA) is 145 Å². The molecule has 0 fully saturated rings. The van der Waals surface area contributed by atoms with Gasteiger partial charge in [-0.25, -0.2) is 20.3 Å². The number of thioether (sulfide) groups is 2. The number of fused-ring (bicyclic) bond motifs is 9. The molecule has 0 atom stereocenters. The van der Waals surface area contributed by atoms with Crippen molar-refractivity contribution < 1.29 is 43.0 Å². The van der Waals surface area contributed by atoms with Crippen LogP contribution in [-0.2, 0) is 38.1 Å². The molecule has 0 radical (unpaired) electrons. The number of hydrogen-bond acceptors (Lipinski definition) is 12. The second-order valence-corrected chi connectivity index (χ2v) is 28.2. The highest BCUT2D eigenvalue weighted by atomic mass is 35.5. The van der Waals surface area contributed by atoms with Gasteiger partial charge in [0.2, 0.25) is 0 Å². The van der Waals surface area contributed by atoms with Crippen molar-refractivity contribution in [3.05, 3.63) is 394 Å². The van der Waals surface area contributed by atoms with Crippen molar-refractivity contribution in [2.24, 2.45) is 5.90 Å². The van der Waals surface area contributed by atoms with E-state index in [2.05, 4.69) is 260 Å². The number of methoxy groups -OCH3 is 1. The second-order valence-electron chi connectivity index (χ2n) is 24.9. The van der Waals surface area contributed by atoms with Gasteiger partial charge in [0.25, 0.3) is 0 Å². The van der Waals surface area contributed by atoms with E-state index >= 15 is 0 Å². The number of halogens is 2. The fourth-order valence-corrected chi connectivity index (χ4v) is 17.1. The Morgan fingerprint density at radius 1 is 0.355 bits per heavy atom. The van der Waals surface area contributed by atoms with Gasteiger partial charge >= 0.3 is 17.0 Å². The van der Waals surface area contributed by atoms with E-state index in [0.29, 0.717) is 19.8 Å². The maximum Gasteiger partial charge on any atom is 0.431 e. The van der Waals surface area contributed by atoms with Crippen molar-refractivity contribution in [2.75, 3.05) is 58.3 Å². The van der Waals surface area contributed by atoms with Gasteiger partial charge < -0.3 is 23.8 Å². The molecule has 12 aromatic carbocycles. The van der Waals surface area contributed by atoms with Crippen LogP contribution in [-0.4, -0.2) is 75.2 Å². The summed E-state index contributed by atoms with van der Waals surface area (Å²) in [5, 5.41) is 0. The zero-order chi connectivity index (χ0) is 73.8. The van der Waals surface area contributed by atoms with Gasteiger partial charge in [-0.15, -0.1) is 23.5 Å². The quantitative estimate of drug-likeness (QED) is 0.0207. The van der Waals surface area contributed by atoms with Gasteiger partial charge in [0.15, 0.2) is 0 Å². The van der Waals surface area contributed by atoms with E-state index in [1.807, 2.05) is 103 Å². The van der Waals surface area contributed by atoms with E-state index in [4.69, 9.17) is 57.7 Å². The molecule has 15 heteroatoms. The number of carbonyl (C=O) groups is 3. The van der Waals surface area contributed by atoms with Gasteiger partial charge in [0.1, 0.15) is 19.8 Å². The molecule has 11 nitrogen and oxygen atoms in total. The van der Waals surface area contributed by atoms with E-state index < -0.39 is 17.0 Å². The predicted molar refractivity (Wildman–Crippen MR) is 438 cm³/mol. The number of rotatable bonds is 23. The highest BCUT2D eigenvalue weighted by Gasteiger charge is 2.39. The summed E-state index contributed by atoms with van der Waals surface area (Å²) < 4.78 is 20.0. The lowest BCUT2D eigenvalue weighted by Crippen LogP contribution is -2.27. The minimum Gasteiger partial charge on any atom is -0.453 e. The molecule has 0 aliphatic heterocycles. The number of hydroxylamine groups is 1. The Hall–Kier alpha value is -10.0. The summed E-state index contributed by atoms with van der Waals surface area (Å²) >= 11 is 14.3. The minimum absolute atomic E-state index is 0. The number of carbonyl (C=O) groups excluding carboxylic acids is 3. The standard InChI is InChI=1S/C22H22OS.C21H21NOS.C18H19NO3.2C15H11ClO2.CH4/c1-23-17-18-24-22(19-11-5-2-6-12-19,20-13-7-3-8-14-20)21-15-9-4-10-16-21;22-23-16-17-24-21(18-10-4-1-5-11-18,19-12-6-2-7-13-19)20-14-8-3-9-15-20;1-2-11-22-19-18(20)21-12-17-15-9-5-3-7-13(15)14-8-4-6-10-16(14)17;2*16-15(17)18-9-14-12-7-3-1-5-10(12)11-6-2-4-8-13(11)14;/h2-16H,17-18H2,1H3;1-15H,16-17,22H2;3-10,17H,2,11-12H2,1H3,(H,19,20);2*1-8,14H,9H2;1H4. The Morgan fingerprint density at radius 2 is 0.589 bits per heavy atom. The van der Waals surface area contributed by atoms with Crippen LogP contribution in [0.3, 0.4) is 0 Å². The third-order valence-corrected chi connectivity index (χ3v) is 21.9. The van der Waals surface area contributed by atoms with Crippen molar-refractivity contribution in [1.29, 1.82) is 0 Å². The summed E-state index contributed by atoms with van der Waals surface area (Å²) in [6.07, 6.45) is 0.291. The fourth-order valence-electron chi connectivity index (χ4n) is 14.1. The second kappa shape index (κ2) is 40.6. The lowest BCUT2D eigenvalue weighted by Gasteiger charge is -2.35. The monoisotopic (exact) mass is 1500 g/mol. The van der Waals surface area contributed by atoms with Crippen LogP contribution in [0, 0.1) is 0 Å². The first-order valence-corrected chi connectivity index (χ1v) is 38.0. The molecule has 0 bridgehead atoms. The summed E-state index contributed by atoms with van der Waals surface area (Å²) in [6.45, 7) is 4.57. The van der Waals surface area contributed by atoms with E-state index in [0.717, 1.165) is 24.5 Å². The van der Waals surface area contributed by atoms with Crippen LogP contribution in [0.5, 0.6) is 0 Å². The zero-order valence-corrected chi connectivity index (χ0v) is 62.2. The molecular formula is C92H88Cl2N2O9S2. The van der Waals surface area contributed by atoms with Gasteiger partial charge in [0, 0.05) is 59.6 Å². The van der Waals surface area contributed by atoms with Crippen LogP contribution in [0.2, 0.25) is 0 Å². The van der Waals surface area contributed by atoms with E-state index in [1.165, 1.54) is 100 Å². The number of ether oxygens (including phenoxy) is 4. The Labute approximate surface area is 647 Å². The van der Waals surface area contributed by atoms with Gasteiger partial charge in [0.05, 0.1) is 29.3 Å². The van der Waals surface area contributed by atoms with Crippen molar-refractivity contribution in [2.45, 2.75) is 48.0 Å². The largest absolute Gasteiger partial charge is 0.453 e. The number of hydrogen-bond donors (Lipinski definition) is 2. The Morgan fingerprint density at radius 3 is 0.822 bits per heavy atom. The molecule has 546 valence electrons. The number of amides is 1. The van der Waals surface area contributed by atoms with Crippen LogP contribution in [0.25, 0.3) is 33.4 Å². The van der Waals surface area contributed by atoms with Gasteiger partial charge in [-0.2, -0.15) is 5.48 Å². The Bertz CT molecular complexity index is 4170. The van der Waals surface area contributed by atoms with Crippen molar-refractivity contribution in [3.8, 4) is 33.4 Å². The molecule has 0 unspecified atom stereocenters. The molecular weight excluding hydrogens is 1410 g/mol. The Kier molecular flexibility index (Phi) is 30.2. The molecule has 3 N–H and O–H groups in total. The van der Waals surface area contributed by atoms with Crippen molar-refractivity contribution >= 4 is 63.7 Å². The maximum atomic E-state index is 11.6. The van der Waals surface area contributed by atoms with Crippen LogP contribution < -0.4 is 11.4 Å². The molecule has 3 aliphatic carbocycles. The first-order valence-electron chi connectivity index (χ1n) is 35.3. The average Bonchev–Trinajstić information content (AvgIpc) is 1.73. The highest BCUT2D eigenvalue weighted by Crippen LogP contribution is 2.51. The van der Waals surface area contributed by atoms with E-state index in [1.54, 1.807) is 7.11 Å². The van der Waals surface area contributed by atoms with Crippen LogP contribution in [0.1, 0.15) is 105 Å². The van der Waals surface area contributed by atoms with Gasteiger partial charge in [-0.05, 0) is 107 Å². The Balaban J connectivity index is 0.000000143. The summed E-state index contributed by atoms with van der Waals surface area (Å²) in [5.74, 6) is 7.23. The van der Waals surface area contributed by atoms with E-state index in [-0.39, 0.29) is 47.9 Å². The molecule has 3 aliphatic rings. The smallest absolute Gasteiger partial charge is 0.431 e. The molecule has 0 saturated heterocycles. The van der Waals surface area contributed by atoms with Crippen LogP contribution in [0.15, 0.2) is 328 Å². The van der Waals surface area contributed by atoms with Gasteiger partial charge in [-0.1, -0.05) is 342 Å². The molecule has 0 heterocycles. The molecule has 15 rings (SSSR count). The molecule has 0 spiro atoms. The fraction of sp³-hybridized carbons (Fsp3) is 0.185. The molecule has 107 heavy (non-hydrogen) atoms. The minimum atomic E-state index is -0.753. The molecule has 0 saturated carbocycles. The molecule has 1 amide bonds. The number of nitrogens with two attached hydrogens (primary N) is 1. The lowest BCUT2D eigenvalue weighted by atomic mass is 9.84. The average molecular weight is 1500 g/mol. The normalized spacial score (nSPS) is 12.0. The third-order valence-electron chi connectivity index (χ3n) is 18.7. The first-order chi connectivity index (χ1) is 52.1. The van der Waals surface area contributed by atoms with Crippen molar-refractivity contribution in [1.82, 2.24) is 5.48 Å². The van der Waals surface area contributed by atoms with Crippen LogP contribution in [0.4, 0.5) is 14.4 Å². The van der Waals surface area contributed by atoms with Gasteiger partial charge in [-0.3, -0.25) is 4.84 Å². The third kappa shape index (κ3) is 19.6. The summed E-state index contributed by atoms with van der Waals surface area (Å²) in [7, 11) is 1.76. The van der Waals surface area contributed by atoms with E-state index in [9.17, 15) is 14.4 Å². The number of nitrogens with one attached hydrogen (secondary N) is 1. The number of benzene rings is 12. The SMILES string of the molecule is C.CCCONC(=O)OCC1c2ccccc2-c2ccccc21.COCCSC(c1ccccc1)(c1ccccc1)c1ccccc1.NOCCSC(c1ccccc1)(c1ccccc1)c1ccccc1.O=C(Cl)OCC1c2ccccc2-c2ccccc21.O=C(Cl)OCC1c2ccccc2-c2ccccc21. The lowest BCUT2D eigenvalue weighted by molar-refractivity contribution is 0.0274. The molecule has 12 aromatic rings. The maximum absolute atomic E-state index is 11.6.